The number of aryl methyl sites for hydroxylation is 2. The number of likely N-dealkylation sites (N-methyl/N-ethyl adjacent to an activating group) is 1. The third kappa shape index (κ3) is 5.18. The van der Waals surface area contributed by atoms with Gasteiger partial charge in [0.1, 0.15) is 30.3 Å². The number of anilines is 2. The van der Waals surface area contributed by atoms with E-state index >= 15 is 0 Å². The molecule has 0 aliphatic carbocycles. The molecule has 0 radical (unpaired) electrons. The van der Waals surface area contributed by atoms with Crippen LogP contribution in [0.25, 0.3) is 21.9 Å². The molecule has 38 heavy (non-hydrogen) atoms. The van der Waals surface area contributed by atoms with Crippen molar-refractivity contribution in [2.24, 2.45) is 7.05 Å². The van der Waals surface area contributed by atoms with Crippen molar-refractivity contribution in [3.05, 3.63) is 76.9 Å². The molecule has 0 spiro atoms. The normalized spacial score (nSPS) is 11.3. The number of hydrogen-bond donors (Lipinski definition) is 1. The number of fused-ring (bicyclic) bond motifs is 2. The van der Waals surface area contributed by atoms with Crippen molar-refractivity contribution >= 4 is 39.1 Å². The lowest BCUT2D eigenvalue weighted by Gasteiger charge is -2.14. The summed E-state index contributed by atoms with van der Waals surface area (Å²) in [5.41, 5.74) is 3.93. The van der Waals surface area contributed by atoms with Gasteiger partial charge in [0, 0.05) is 37.5 Å². The number of imidazole rings is 1. The van der Waals surface area contributed by atoms with Crippen molar-refractivity contribution in [1.82, 2.24) is 24.4 Å². The highest BCUT2D eigenvalue weighted by Crippen LogP contribution is 2.35. The van der Waals surface area contributed by atoms with Gasteiger partial charge in [-0.3, -0.25) is 10.1 Å². The minimum atomic E-state index is -0.459. The van der Waals surface area contributed by atoms with Gasteiger partial charge >= 0.3 is 5.69 Å². The first kappa shape index (κ1) is 24.9. The first-order valence-electron chi connectivity index (χ1n) is 12.0. The summed E-state index contributed by atoms with van der Waals surface area (Å²) in [5, 5.41) is 15.5. The lowest BCUT2D eigenvalue weighted by Crippen LogP contribution is -2.19. The number of ether oxygens (including phenoxy) is 2. The number of nitro benzene ring substituents is 1. The van der Waals surface area contributed by atoms with E-state index in [0.29, 0.717) is 41.4 Å². The Morgan fingerprint density at radius 1 is 1.03 bits per heavy atom. The number of nitro groups is 1. The van der Waals surface area contributed by atoms with Crippen LogP contribution in [0.3, 0.4) is 0 Å². The topological polar surface area (TPSA) is 120 Å². The van der Waals surface area contributed by atoms with Crippen LogP contribution in [0.1, 0.15) is 5.56 Å². The van der Waals surface area contributed by atoms with Crippen LogP contribution < -0.4 is 14.8 Å². The lowest BCUT2D eigenvalue weighted by atomic mass is 10.1. The van der Waals surface area contributed by atoms with Gasteiger partial charge in [-0.1, -0.05) is 0 Å². The van der Waals surface area contributed by atoms with E-state index in [4.69, 9.17) is 9.47 Å². The molecule has 2 heterocycles. The van der Waals surface area contributed by atoms with Gasteiger partial charge in [0.05, 0.1) is 33.2 Å². The highest BCUT2D eigenvalue weighted by atomic mass is 16.6. The van der Waals surface area contributed by atoms with Crippen molar-refractivity contribution in [2.75, 3.05) is 32.6 Å². The van der Waals surface area contributed by atoms with Crippen LogP contribution >= 0.6 is 0 Å². The minimum absolute atomic E-state index is 0.140. The number of benzene rings is 3. The van der Waals surface area contributed by atoms with Crippen LogP contribution in [0.4, 0.5) is 17.2 Å². The van der Waals surface area contributed by atoms with Gasteiger partial charge in [-0.15, -0.1) is 0 Å². The van der Waals surface area contributed by atoms with Gasteiger partial charge in [-0.2, -0.15) is 0 Å². The fourth-order valence-electron chi connectivity index (χ4n) is 4.05. The molecule has 1 N–H and O–H groups in total. The van der Waals surface area contributed by atoms with Crippen molar-refractivity contribution in [3.8, 4) is 17.2 Å². The Hall–Kier alpha value is -4.77. The first-order valence-corrected chi connectivity index (χ1v) is 12.0. The summed E-state index contributed by atoms with van der Waals surface area (Å²) in [5.74, 6) is 2.02. The second kappa shape index (κ2) is 10.3. The maximum Gasteiger partial charge on any atom is 0.311 e. The van der Waals surface area contributed by atoms with E-state index in [1.54, 1.807) is 12.4 Å². The quantitative estimate of drug-likeness (QED) is 0.209. The Bertz CT molecular complexity index is 1650. The van der Waals surface area contributed by atoms with Crippen molar-refractivity contribution in [3.63, 3.8) is 0 Å². The molecule has 3 aromatic carbocycles. The van der Waals surface area contributed by atoms with E-state index < -0.39 is 4.92 Å². The molecule has 0 saturated carbocycles. The van der Waals surface area contributed by atoms with Gasteiger partial charge < -0.3 is 24.3 Å². The lowest BCUT2D eigenvalue weighted by molar-refractivity contribution is -0.385. The fraction of sp³-hybridized carbons (Fsp3) is 0.222. The Labute approximate surface area is 218 Å². The predicted octanol–water partition coefficient (Wildman–Crippen LogP) is 5.21. The van der Waals surface area contributed by atoms with Gasteiger partial charge in [0.25, 0.3) is 0 Å². The summed E-state index contributed by atoms with van der Waals surface area (Å²) < 4.78 is 13.8. The van der Waals surface area contributed by atoms with E-state index in [1.807, 2.05) is 73.9 Å². The summed E-state index contributed by atoms with van der Waals surface area (Å²) in [6.45, 7) is 2.89. The molecular weight excluding hydrogens is 486 g/mol. The van der Waals surface area contributed by atoms with E-state index in [0.717, 1.165) is 22.3 Å². The van der Waals surface area contributed by atoms with Gasteiger partial charge in [0.2, 0.25) is 0 Å². The van der Waals surface area contributed by atoms with Gasteiger partial charge in [0.15, 0.2) is 5.75 Å². The number of nitrogens with one attached hydrogen (secondary N) is 1. The average Bonchev–Trinajstić information content (AvgIpc) is 3.25. The zero-order valence-electron chi connectivity index (χ0n) is 21.5. The molecule has 5 aromatic rings. The Morgan fingerprint density at radius 3 is 2.63 bits per heavy atom. The standard InChI is InChI=1S/C27H27N7O4/c1-17-11-18(5-8-25(17)38-19-6-7-23-22(12-19)30-16-33(23)4)31-27-20-13-24(34(35)36)26(37-10-9-32(2)3)14-21(20)28-15-29-27/h5-8,11-16H,9-10H2,1-4H3,(H,28,29,31). The molecule has 0 amide bonds. The first-order chi connectivity index (χ1) is 18.3. The van der Waals surface area contributed by atoms with E-state index in [2.05, 4.69) is 20.3 Å². The highest BCUT2D eigenvalue weighted by Gasteiger charge is 2.19. The monoisotopic (exact) mass is 513 g/mol. The molecule has 0 saturated heterocycles. The van der Waals surface area contributed by atoms with Crippen LogP contribution in [-0.2, 0) is 7.05 Å². The average molecular weight is 514 g/mol. The van der Waals surface area contributed by atoms with Crippen LogP contribution in [0.2, 0.25) is 0 Å². The van der Waals surface area contributed by atoms with Gasteiger partial charge in [-0.25, -0.2) is 15.0 Å². The maximum absolute atomic E-state index is 11.8. The number of aromatic nitrogens is 4. The Kier molecular flexibility index (Phi) is 6.75. The molecule has 0 unspecified atom stereocenters. The molecule has 0 bridgehead atoms. The zero-order chi connectivity index (χ0) is 26.8. The third-order valence-corrected chi connectivity index (χ3v) is 6.07. The third-order valence-electron chi connectivity index (χ3n) is 6.07. The molecule has 0 atom stereocenters. The number of hydrogen-bond acceptors (Lipinski definition) is 9. The zero-order valence-corrected chi connectivity index (χ0v) is 21.5. The summed E-state index contributed by atoms with van der Waals surface area (Å²) in [7, 11) is 5.76. The second-order valence-electron chi connectivity index (χ2n) is 9.18. The fourth-order valence-corrected chi connectivity index (χ4v) is 4.05. The molecule has 0 aliphatic heterocycles. The second-order valence-corrected chi connectivity index (χ2v) is 9.18. The van der Waals surface area contributed by atoms with Crippen molar-refractivity contribution in [2.45, 2.75) is 6.92 Å². The molecule has 194 valence electrons. The van der Waals surface area contributed by atoms with Crippen LogP contribution in [0.15, 0.2) is 61.2 Å². The van der Waals surface area contributed by atoms with Crippen LogP contribution in [0, 0.1) is 17.0 Å². The number of rotatable bonds is 9. The maximum atomic E-state index is 11.8. The predicted molar refractivity (Wildman–Crippen MR) is 145 cm³/mol. The molecule has 2 aromatic heterocycles. The molecule has 5 rings (SSSR count). The summed E-state index contributed by atoms with van der Waals surface area (Å²) in [4.78, 5) is 26.3. The van der Waals surface area contributed by atoms with E-state index in [1.165, 1.54) is 12.4 Å². The summed E-state index contributed by atoms with van der Waals surface area (Å²) in [6, 6.07) is 14.5. The molecular formula is C27H27N7O4. The van der Waals surface area contributed by atoms with Crippen LogP contribution in [-0.4, -0.2) is 56.6 Å². The Balaban J connectivity index is 1.39. The minimum Gasteiger partial charge on any atom is -0.485 e. The van der Waals surface area contributed by atoms with Crippen molar-refractivity contribution in [1.29, 1.82) is 0 Å². The smallest absolute Gasteiger partial charge is 0.311 e. The highest BCUT2D eigenvalue weighted by molar-refractivity contribution is 5.93. The van der Waals surface area contributed by atoms with Crippen LogP contribution in [0.5, 0.6) is 17.2 Å². The summed E-state index contributed by atoms with van der Waals surface area (Å²) in [6.07, 6.45) is 3.18. The molecule has 11 heteroatoms. The molecule has 0 aliphatic rings. The number of nitrogens with zero attached hydrogens (tertiary/aromatic N) is 6. The van der Waals surface area contributed by atoms with Crippen molar-refractivity contribution < 1.29 is 14.4 Å². The molecule has 11 nitrogen and oxygen atoms in total. The largest absolute Gasteiger partial charge is 0.485 e. The molecule has 0 fully saturated rings. The summed E-state index contributed by atoms with van der Waals surface area (Å²) >= 11 is 0. The SMILES string of the molecule is Cc1cc(Nc2ncnc3cc(OCCN(C)C)c([N+](=O)[O-])cc23)ccc1Oc1ccc2c(c1)ncn2C. The van der Waals surface area contributed by atoms with E-state index in [-0.39, 0.29) is 11.4 Å². The van der Waals surface area contributed by atoms with Gasteiger partial charge in [-0.05, 0) is 56.9 Å². The van der Waals surface area contributed by atoms with E-state index in [9.17, 15) is 10.1 Å². The Morgan fingerprint density at radius 2 is 1.87 bits per heavy atom.